The molecule has 2 heterocycles. The number of nitrogens with zero attached hydrogens (tertiary/aromatic N) is 1. The molecule has 0 atom stereocenters. The Labute approximate surface area is 102 Å². The Morgan fingerprint density at radius 3 is 3.12 bits per heavy atom. The average Bonchev–Trinajstić information content (AvgIpc) is 2.64. The zero-order chi connectivity index (χ0) is 12.0. The third kappa shape index (κ3) is 1.52. The fraction of sp³-hybridized carbons (Fsp3) is 0.250. The minimum Gasteiger partial charge on any atom is -0.345 e. The minimum atomic E-state index is -0.428. The molecule has 1 N–H and O–H groups in total. The van der Waals surface area contributed by atoms with Gasteiger partial charge in [0.15, 0.2) is 5.82 Å². The lowest BCUT2D eigenvalue weighted by atomic mass is 10.1. The summed E-state index contributed by atoms with van der Waals surface area (Å²) in [7, 11) is 0. The highest BCUT2D eigenvalue weighted by molar-refractivity contribution is 6.17. The molecule has 1 aliphatic rings. The standard InChI is InChI=1S/C12H10ClFN2O/c13-6-8-5-7-1-3-16-4-2-9(17)15-11(10(8)14)12(7)16/h1,3,5H,2,4,6H2,(H,15,17). The number of hydrogen-bond acceptors (Lipinski definition) is 1. The minimum absolute atomic E-state index is 0.0931. The van der Waals surface area contributed by atoms with Crippen LogP contribution in [0.1, 0.15) is 12.0 Å². The molecule has 3 rings (SSSR count). The monoisotopic (exact) mass is 252 g/mol. The highest BCUT2D eigenvalue weighted by Crippen LogP contribution is 2.33. The second kappa shape index (κ2) is 3.74. The molecule has 0 aliphatic carbocycles. The maximum Gasteiger partial charge on any atom is 0.226 e. The summed E-state index contributed by atoms with van der Waals surface area (Å²) in [4.78, 5) is 11.5. The van der Waals surface area contributed by atoms with Crippen LogP contribution in [-0.4, -0.2) is 10.5 Å². The molecular formula is C12H10ClFN2O. The summed E-state index contributed by atoms with van der Waals surface area (Å²) in [6.07, 6.45) is 2.22. The summed E-state index contributed by atoms with van der Waals surface area (Å²) in [5, 5.41) is 3.52. The second-order valence-electron chi connectivity index (χ2n) is 4.10. The third-order valence-electron chi connectivity index (χ3n) is 3.05. The first-order chi connectivity index (χ1) is 8.20. The van der Waals surface area contributed by atoms with Crippen molar-refractivity contribution in [2.24, 2.45) is 0 Å². The first-order valence-corrected chi connectivity index (χ1v) is 5.90. The number of benzene rings is 1. The van der Waals surface area contributed by atoms with Gasteiger partial charge in [0.05, 0.1) is 11.4 Å². The molecule has 0 saturated carbocycles. The quantitative estimate of drug-likeness (QED) is 0.778. The van der Waals surface area contributed by atoms with Crippen molar-refractivity contribution in [2.75, 3.05) is 5.32 Å². The van der Waals surface area contributed by atoms with Crippen molar-refractivity contribution in [3.63, 3.8) is 0 Å². The highest BCUT2D eigenvalue weighted by atomic mass is 35.5. The molecule has 2 aromatic rings. The predicted molar refractivity (Wildman–Crippen MR) is 64.7 cm³/mol. The van der Waals surface area contributed by atoms with E-state index in [2.05, 4.69) is 5.32 Å². The molecule has 1 aromatic heterocycles. The van der Waals surface area contributed by atoms with Crippen LogP contribution in [0.4, 0.5) is 10.1 Å². The Morgan fingerprint density at radius 1 is 1.53 bits per heavy atom. The van der Waals surface area contributed by atoms with E-state index in [9.17, 15) is 9.18 Å². The zero-order valence-corrected chi connectivity index (χ0v) is 9.72. The Hall–Kier alpha value is -1.55. The number of halogens is 2. The number of carbonyl (C=O) groups excluding carboxylic acids is 1. The fourth-order valence-electron chi connectivity index (χ4n) is 2.23. The van der Waals surface area contributed by atoms with Crippen molar-refractivity contribution in [3.8, 4) is 0 Å². The first-order valence-electron chi connectivity index (χ1n) is 5.36. The molecule has 0 spiro atoms. The van der Waals surface area contributed by atoms with Crippen molar-refractivity contribution >= 4 is 34.1 Å². The van der Waals surface area contributed by atoms with E-state index in [1.807, 2.05) is 16.8 Å². The summed E-state index contributed by atoms with van der Waals surface area (Å²) in [5.41, 5.74) is 1.40. The van der Waals surface area contributed by atoms with E-state index in [1.54, 1.807) is 6.07 Å². The van der Waals surface area contributed by atoms with Gasteiger partial charge in [-0.25, -0.2) is 4.39 Å². The predicted octanol–water partition coefficient (Wildman–Crippen LogP) is 2.86. The average molecular weight is 253 g/mol. The van der Waals surface area contributed by atoms with E-state index in [0.29, 0.717) is 18.5 Å². The number of anilines is 1. The lowest BCUT2D eigenvalue weighted by molar-refractivity contribution is -0.116. The lowest BCUT2D eigenvalue weighted by Crippen LogP contribution is -2.12. The van der Waals surface area contributed by atoms with Gasteiger partial charge in [0.2, 0.25) is 5.91 Å². The molecule has 5 heteroatoms. The molecule has 0 fully saturated rings. The van der Waals surface area contributed by atoms with Gasteiger partial charge >= 0.3 is 0 Å². The largest absolute Gasteiger partial charge is 0.345 e. The summed E-state index contributed by atoms with van der Waals surface area (Å²) >= 11 is 5.70. The van der Waals surface area contributed by atoms with Gasteiger partial charge in [0.25, 0.3) is 0 Å². The molecule has 17 heavy (non-hydrogen) atoms. The normalized spacial score (nSPS) is 14.8. The number of amides is 1. The van der Waals surface area contributed by atoms with Gasteiger partial charge in [-0.2, -0.15) is 0 Å². The molecule has 0 radical (unpaired) electrons. The number of carbonyl (C=O) groups is 1. The van der Waals surface area contributed by atoms with Crippen LogP contribution in [-0.2, 0) is 17.2 Å². The van der Waals surface area contributed by atoms with Crippen LogP contribution in [0.3, 0.4) is 0 Å². The van der Waals surface area contributed by atoms with E-state index >= 15 is 0 Å². The van der Waals surface area contributed by atoms with Crippen molar-refractivity contribution in [2.45, 2.75) is 18.8 Å². The number of nitrogens with one attached hydrogen (secondary N) is 1. The van der Waals surface area contributed by atoms with Crippen LogP contribution in [0, 0.1) is 5.82 Å². The van der Waals surface area contributed by atoms with Gasteiger partial charge in [-0.3, -0.25) is 4.79 Å². The smallest absolute Gasteiger partial charge is 0.226 e. The number of rotatable bonds is 1. The summed E-state index contributed by atoms with van der Waals surface area (Å²) in [6, 6.07) is 3.64. The van der Waals surface area contributed by atoms with Crippen LogP contribution in [0.25, 0.3) is 10.9 Å². The molecule has 0 saturated heterocycles. The van der Waals surface area contributed by atoms with Gasteiger partial charge in [0, 0.05) is 30.1 Å². The molecule has 1 amide bonds. The Balaban J connectivity index is 2.38. The van der Waals surface area contributed by atoms with E-state index in [-0.39, 0.29) is 17.5 Å². The Bertz CT molecular complexity index is 620. The molecule has 0 bridgehead atoms. The van der Waals surface area contributed by atoms with Gasteiger partial charge in [0.1, 0.15) is 5.69 Å². The first kappa shape index (κ1) is 10.6. The topological polar surface area (TPSA) is 34.0 Å². The SMILES string of the molecule is O=C1CCn2ccc3cc(CCl)c(F)c(c32)N1. The van der Waals surface area contributed by atoms with Crippen LogP contribution in [0.15, 0.2) is 18.3 Å². The van der Waals surface area contributed by atoms with E-state index in [4.69, 9.17) is 11.6 Å². The van der Waals surface area contributed by atoms with Crippen molar-refractivity contribution in [3.05, 3.63) is 29.7 Å². The fourth-order valence-corrected chi connectivity index (χ4v) is 2.43. The third-order valence-corrected chi connectivity index (χ3v) is 3.34. The molecule has 1 aromatic carbocycles. The van der Waals surface area contributed by atoms with Crippen LogP contribution in [0.2, 0.25) is 0 Å². The van der Waals surface area contributed by atoms with E-state index in [0.717, 1.165) is 10.9 Å². The summed E-state index contributed by atoms with van der Waals surface area (Å²) in [5.74, 6) is -0.501. The van der Waals surface area contributed by atoms with Crippen LogP contribution < -0.4 is 5.32 Å². The molecule has 88 valence electrons. The van der Waals surface area contributed by atoms with E-state index < -0.39 is 5.82 Å². The van der Waals surface area contributed by atoms with Crippen molar-refractivity contribution in [1.82, 2.24) is 4.57 Å². The zero-order valence-electron chi connectivity index (χ0n) is 8.96. The second-order valence-corrected chi connectivity index (χ2v) is 4.37. The Kier molecular flexibility index (Phi) is 2.33. The number of hydrogen-bond donors (Lipinski definition) is 1. The maximum absolute atomic E-state index is 14.1. The van der Waals surface area contributed by atoms with Crippen LogP contribution >= 0.6 is 11.6 Å². The summed E-state index contributed by atoms with van der Waals surface area (Å²) in [6.45, 7) is 0.571. The van der Waals surface area contributed by atoms with Gasteiger partial charge < -0.3 is 9.88 Å². The van der Waals surface area contributed by atoms with Gasteiger partial charge in [-0.15, -0.1) is 11.6 Å². The Morgan fingerprint density at radius 2 is 2.35 bits per heavy atom. The number of aryl methyl sites for hydroxylation is 1. The lowest BCUT2D eigenvalue weighted by Gasteiger charge is -2.09. The molecule has 0 unspecified atom stereocenters. The van der Waals surface area contributed by atoms with Gasteiger partial charge in [-0.05, 0) is 12.1 Å². The summed E-state index contributed by atoms with van der Waals surface area (Å²) < 4.78 is 16.0. The maximum atomic E-state index is 14.1. The van der Waals surface area contributed by atoms with E-state index in [1.165, 1.54) is 0 Å². The molecule has 1 aliphatic heterocycles. The van der Waals surface area contributed by atoms with Gasteiger partial charge in [-0.1, -0.05) is 0 Å². The molecular weight excluding hydrogens is 243 g/mol. The van der Waals surface area contributed by atoms with Crippen molar-refractivity contribution in [1.29, 1.82) is 0 Å². The highest BCUT2D eigenvalue weighted by Gasteiger charge is 2.20. The molecule has 3 nitrogen and oxygen atoms in total. The number of aromatic nitrogens is 1. The van der Waals surface area contributed by atoms with Crippen LogP contribution in [0.5, 0.6) is 0 Å². The van der Waals surface area contributed by atoms with Crippen molar-refractivity contribution < 1.29 is 9.18 Å². The number of alkyl halides is 1.